The van der Waals surface area contributed by atoms with Crippen LogP contribution in [0.2, 0.25) is 18.1 Å². The van der Waals surface area contributed by atoms with Crippen molar-refractivity contribution >= 4 is 14.0 Å². The summed E-state index contributed by atoms with van der Waals surface area (Å²) < 4.78 is 6.69. The topological polar surface area (TPSA) is 48.1 Å². The van der Waals surface area contributed by atoms with Crippen molar-refractivity contribution in [3.63, 3.8) is 0 Å². The molecule has 1 aromatic heterocycles. The van der Waals surface area contributed by atoms with Crippen molar-refractivity contribution in [3.8, 4) is 0 Å². The molecule has 0 saturated heterocycles. The van der Waals surface area contributed by atoms with Gasteiger partial charge in [0.1, 0.15) is 0 Å². The maximum absolute atomic E-state index is 6.69. The smallest absolute Gasteiger partial charge is 0.192 e. The molecule has 4 heteroatoms. The van der Waals surface area contributed by atoms with Crippen molar-refractivity contribution in [3.05, 3.63) is 24.0 Å². The molecule has 0 aromatic carbocycles. The van der Waals surface area contributed by atoms with Crippen LogP contribution >= 0.6 is 0 Å². The highest BCUT2D eigenvalue weighted by Crippen LogP contribution is 2.43. The van der Waals surface area contributed by atoms with Gasteiger partial charge < -0.3 is 10.2 Å². The van der Waals surface area contributed by atoms with Crippen LogP contribution in [0.4, 0.5) is 5.69 Å². The Balaban J connectivity index is 2.14. The average Bonchev–Trinajstić information content (AvgIpc) is 2.36. The van der Waals surface area contributed by atoms with Gasteiger partial charge in [0.2, 0.25) is 0 Å². The minimum Gasteiger partial charge on any atom is -0.414 e. The Bertz CT molecular complexity index is 510. The van der Waals surface area contributed by atoms with Crippen molar-refractivity contribution in [2.75, 3.05) is 5.73 Å². The van der Waals surface area contributed by atoms with Crippen LogP contribution in [0.3, 0.4) is 0 Å². The highest BCUT2D eigenvalue weighted by atomic mass is 28.4. The SMILES string of the molecule is C[C@H]1CC(c2ccncc2N)C[C@@H](O[Si](C)(C)C(C)(C)C)C1. The van der Waals surface area contributed by atoms with E-state index >= 15 is 0 Å². The van der Waals surface area contributed by atoms with Gasteiger partial charge in [-0.2, -0.15) is 0 Å². The third kappa shape index (κ3) is 3.90. The molecular formula is C18H32N2OSi. The van der Waals surface area contributed by atoms with E-state index in [-0.39, 0.29) is 5.04 Å². The highest BCUT2D eigenvalue weighted by Gasteiger charge is 2.41. The molecule has 124 valence electrons. The van der Waals surface area contributed by atoms with E-state index in [2.05, 4.69) is 51.8 Å². The van der Waals surface area contributed by atoms with Crippen LogP contribution in [0.15, 0.2) is 18.5 Å². The molecule has 1 fully saturated rings. The summed E-state index contributed by atoms with van der Waals surface area (Å²) in [5, 5.41) is 0.263. The quantitative estimate of drug-likeness (QED) is 0.801. The summed E-state index contributed by atoms with van der Waals surface area (Å²) in [6, 6.07) is 2.08. The Morgan fingerprint density at radius 2 is 1.91 bits per heavy atom. The molecule has 0 spiro atoms. The Hall–Kier alpha value is -0.873. The summed E-state index contributed by atoms with van der Waals surface area (Å²) in [5.74, 6) is 1.18. The van der Waals surface area contributed by atoms with Crippen LogP contribution in [-0.4, -0.2) is 19.4 Å². The molecule has 1 aliphatic carbocycles. The number of aromatic nitrogens is 1. The monoisotopic (exact) mass is 320 g/mol. The van der Waals surface area contributed by atoms with Gasteiger partial charge in [0.05, 0.1) is 11.9 Å². The molecular weight excluding hydrogens is 288 g/mol. The number of rotatable bonds is 3. The molecule has 1 aliphatic rings. The van der Waals surface area contributed by atoms with Crippen molar-refractivity contribution in [2.45, 2.75) is 77.1 Å². The first-order chi connectivity index (χ1) is 10.1. The number of nitrogen functional groups attached to an aromatic ring is 1. The average molecular weight is 321 g/mol. The van der Waals surface area contributed by atoms with Crippen molar-refractivity contribution < 1.29 is 4.43 Å². The zero-order valence-corrected chi connectivity index (χ0v) is 16.0. The molecule has 0 bridgehead atoms. The van der Waals surface area contributed by atoms with Gasteiger partial charge in [-0.15, -0.1) is 0 Å². The van der Waals surface area contributed by atoms with Gasteiger partial charge in [-0.1, -0.05) is 27.7 Å². The molecule has 3 atom stereocenters. The van der Waals surface area contributed by atoms with Gasteiger partial charge >= 0.3 is 0 Å². The Morgan fingerprint density at radius 3 is 2.50 bits per heavy atom. The van der Waals surface area contributed by atoms with Gasteiger partial charge in [-0.05, 0) is 60.9 Å². The van der Waals surface area contributed by atoms with Gasteiger partial charge in [0, 0.05) is 12.3 Å². The molecule has 1 aromatic rings. The largest absolute Gasteiger partial charge is 0.414 e. The summed E-state index contributed by atoms with van der Waals surface area (Å²) in [5.41, 5.74) is 8.23. The number of nitrogens with zero attached hydrogens (tertiary/aromatic N) is 1. The van der Waals surface area contributed by atoms with E-state index in [0.717, 1.165) is 12.1 Å². The molecule has 2 N–H and O–H groups in total. The fourth-order valence-electron chi connectivity index (χ4n) is 3.27. The fraction of sp³-hybridized carbons (Fsp3) is 0.722. The predicted octanol–water partition coefficient (Wildman–Crippen LogP) is 4.96. The van der Waals surface area contributed by atoms with Crippen molar-refractivity contribution in [1.29, 1.82) is 0 Å². The molecule has 22 heavy (non-hydrogen) atoms. The number of anilines is 1. The lowest BCUT2D eigenvalue weighted by Crippen LogP contribution is -2.45. The second kappa shape index (κ2) is 6.32. The number of nitrogens with two attached hydrogens (primary N) is 1. The standard InChI is InChI=1S/C18H32N2OSi/c1-13-9-14(16-7-8-20-12-17(16)19)11-15(10-13)21-22(5,6)18(2,3)4/h7-8,12-15H,9-11,19H2,1-6H3/t13-,14?,15-/m0/s1. The maximum Gasteiger partial charge on any atom is 0.192 e. The minimum absolute atomic E-state index is 0.263. The first-order valence-corrected chi connectivity index (χ1v) is 11.4. The summed E-state index contributed by atoms with van der Waals surface area (Å²) in [6.45, 7) is 14.0. The first-order valence-electron chi connectivity index (χ1n) is 8.47. The minimum atomic E-state index is -1.71. The van der Waals surface area contributed by atoms with Crippen LogP contribution in [0.5, 0.6) is 0 Å². The third-order valence-electron chi connectivity index (χ3n) is 5.49. The number of pyridine rings is 1. The van der Waals surface area contributed by atoms with Gasteiger partial charge in [-0.3, -0.25) is 4.98 Å². The van der Waals surface area contributed by atoms with Gasteiger partial charge in [-0.25, -0.2) is 0 Å². The Labute approximate surface area is 136 Å². The Morgan fingerprint density at radius 1 is 1.23 bits per heavy atom. The van der Waals surface area contributed by atoms with Crippen LogP contribution in [0.25, 0.3) is 0 Å². The lowest BCUT2D eigenvalue weighted by molar-refractivity contribution is 0.103. The van der Waals surface area contributed by atoms with Crippen LogP contribution < -0.4 is 5.73 Å². The zero-order valence-electron chi connectivity index (χ0n) is 15.0. The van der Waals surface area contributed by atoms with Crippen LogP contribution in [0.1, 0.15) is 58.4 Å². The summed E-state index contributed by atoms with van der Waals surface area (Å²) in [4.78, 5) is 4.12. The summed E-state index contributed by atoms with van der Waals surface area (Å²) >= 11 is 0. The molecule has 0 radical (unpaired) electrons. The van der Waals surface area contributed by atoms with E-state index in [1.807, 2.05) is 6.20 Å². The second-order valence-electron chi connectivity index (χ2n) is 8.51. The van der Waals surface area contributed by atoms with E-state index < -0.39 is 8.32 Å². The molecule has 1 heterocycles. The lowest BCUT2D eigenvalue weighted by atomic mass is 9.77. The second-order valence-corrected chi connectivity index (χ2v) is 13.3. The van der Waals surface area contributed by atoms with E-state index in [1.54, 1.807) is 6.20 Å². The number of hydrogen-bond acceptors (Lipinski definition) is 3. The van der Waals surface area contributed by atoms with E-state index in [9.17, 15) is 0 Å². The van der Waals surface area contributed by atoms with Gasteiger partial charge in [0.25, 0.3) is 0 Å². The van der Waals surface area contributed by atoms with E-state index in [1.165, 1.54) is 18.4 Å². The normalized spacial score (nSPS) is 26.9. The van der Waals surface area contributed by atoms with Crippen molar-refractivity contribution in [2.24, 2.45) is 5.92 Å². The highest BCUT2D eigenvalue weighted by molar-refractivity contribution is 6.74. The predicted molar refractivity (Wildman–Crippen MR) is 96.5 cm³/mol. The van der Waals surface area contributed by atoms with Crippen LogP contribution in [-0.2, 0) is 4.43 Å². The third-order valence-corrected chi connectivity index (χ3v) is 10.0. The lowest BCUT2D eigenvalue weighted by Gasteiger charge is -2.43. The number of hydrogen-bond donors (Lipinski definition) is 1. The Kier molecular flexibility index (Phi) is 5.02. The molecule has 2 rings (SSSR count). The summed E-state index contributed by atoms with van der Waals surface area (Å²) in [6.07, 6.45) is 7.46. The summed E-state index contributed by atoms with van der Waals surface area (Å²) in [7, 11) is -1.71. The molecule has 0 amide bonds. The molecule has 1 unspecified atom stereocenters. The molecule has 3 nitrogen and oxygen atoms in total. The van der Waals surface area contributed by atoms with Crippen molar-refractivity contribution in [1.82, 2.24) is 4.98 Å². The maximum atomic E-state index is 6.69. The fourth-order valence-corrected chi connectivity index (χ4v) is 4.65. The van der Waals surface area contributed by atoms with Gasteiger partial charge in [0.15, 0.2) is 8.32 Å². The zero-order chi connectivity index (χ0) is 16.5. The first kappa shape index (κ1) is 17.5. The van der Waals surface area contributed by atoms with E-state index in [4.69, 9.17) is 10.2 Å². The van der Waals surface area contributed by atoms with E-state index in [0.29, 0.717) is 17.9 Å². The van der Waals surface area contributed by atoms with Crippen LogP contribution in [0, 0.1) is 5.92 Å². The molecule has 0 aliphatic heterocycles. The molecule has 1 saturated carbocycles.